The van der Waals surface area contributed by atoms with E-state index in [4.69, 9.17) is 4.84 Å². The van der Waals surface area contributed by atoms with Crippen molar-refractivity contribution in [3.05, 3.63) is 69.3 Å². The summed E-state index contributed by atoms with van der Waals surface area (Å²) in [5.41, 5.74) is -2.22. The molecule has 0 spiro atoms. The van der Waals surface area contributed by atoms with E-state index in [9.17, 15) is 32.9 Å². The molecule has 0 unspecified atom stereocenters. The molecular weight excluding hydrogens is 345 g/mol. The van der Waals surface area contributed by atoms with Crippen LogP contribution in [0.25, 0.3) is 0 Å². The molecule has 1 heterocycles. The molecule has 0 saturated heterocycles. The van der Waals surface area contributed by atoms with E-state index in [-0.39, 0.29) is 22.3 Å². The number of alkyl halides is 3. The van der Waals surface area contributed by atoms with E-state index >= 15 is 0 Å². The molecule has 7 nitrogen and oxygen atoms in total. The van der Waals surface area contributed by atoms with E-state index in [1.54, 1.807) is 0 Å². The lowest BCUT2D eigenvalue weighted by molar-refractivity contribution is -0.386. The number of fused-ring (bicyclic) bond motifs is 1. The van der Waals surface area contributed by atoms with Crippen LogP contribution in [0, 0.1) is 10.1 Å². The summed E-state index contributed by atoms with van der Waals surface area (Å²) >= 11 is 0. The molecule has 0 fully saturated rings. The van der Waals surface area contributed by atoms with Gasteiger partial charge in [0.2, 0.25) is 5.75 Å². The molecule has 0 radical (unpaired) electrons. The summed E-state index contributed by atoms with van der Waals surface area (Å²) in [7, 11) is 0. The number of hydrogen-bond donors (Lipinski definition) is 0. The Morgan fingerprint density at radius 3 is 2.04 bits per heavy atom. The Bertz CT molecular complexity index is 875. The number of amides is 2. The van der Waals surface area contributed by atoms with Gasteiger partial charge in [-0.15, -0.1) is 0 Å². The fourth-order valence-electron chi connectivity index (χ4n) is 2.26. The third kappa shape index (κ3) is 2.77. The molecule has 2 aromatic carbocycles. The summed E-state index contributed by atoms with van der Waals surface area (Å²) in [4.78, 5) is 39.2. The predicted molar refractivity (Wildman–Crippen MR) is 75.7 cm³/mol. The van der Waals surface area contributed by atoms with Crippen molar-refractivity contribution in [3.63, 3.8) is 0 Å². The smallest absolute Gasteiger partial charge is 0.361 e. The molecule has 0 atom stereocenters. The number of carbonyl (C=O) groups excluding carboxylic acids is 2. The summed E-state index contributed by atoms with van der Waals surface area (Å²) in [5, 5.41) is 11.3. The first-order valence-electron chi connectivity index (χ1n) is 6.71. The van der Waals surface area contributed by atoms with Gasteiger partial charge in [0.25, 0.3) is 11.8 Å². The Hall–Kier alpha value is -3.43. The van der Waals surface area contributed by atoms with Crippen LogP contribution >= 0.6 is 0 Å². The number of nitro benzene ring substituents is 1. The highest BCUT2D eigenvalue weighted by molar-refractivity contribution is 6.20. The second kappa shape index (κ2) is 5.58. The number of rotatable bonds is 3. The molecular formula is C15H7F3N2O5. The lowest BCUT2D eigenvalue weighted by Crippen LogP contribution is -2.33. The molecule has 0 aromatic heterocycles. The van der Waals surface area contributed by atoms with Crippen molar-refractivity contribution in [1.29, 1.82) is 0 Å². The van der Waals surface area contributed by atoms with E-state index in [2.05, 4.69) is 0 Å². The lowest BCUT2D eigenvalue weighted by Gasteiger charge is -2.15. The second-order valence-corrected chi connectivity index (χ2v) is 4.98. The number of nitro groups is 1. The summed E-state index contributed by atoms with van der Waals surface area (Å²) < 4.78 is 38.1. The van der Waals surface area contributed by atoms with Gasteiger partial charge in [-0.3, -0.25) is 19.7 Å². The van der Waals surface area contributed by atoms with E-state index in [0.29, 0.717) is 12.1 Å². The van der Waals surface area contributed by atoms with Gasteiger partial charge < -0.3 is 4.84 Å². The van der Waals surface area contributed by atoms with Crippen molar-refractivity contribution >= 4 is 17.5 Å². The third-order valence-electron chi connectivity index (χ3n) is 3.43. The Kier molecular flexibility index (Phi) is 3.67. The van der Waals surface area contributed by atoms with Crippen molar-refractivity contribution in [2.45, 2.75) is 6.18 Å². The zero-order chi connectivity index (χ0) is 18.4. The van der Waals surface area contributed by atoms with Crippen molar-refractivity contribution in [1.82, 2.24) is 5.06 Å². The number of nitrogens with zero attached hydrogens (tertiary/aromatic N) is 2. The fourth-order valence-corrected chi connectivity index (χ4v) is 2.26. The van der Waals surface area contributed by atoms with Crippen molar-refractivity contribution in [2.24, 2.45) is 0 Å². The standard InChI is InChI=1S/C15H7F3N2O5/c16-15(17,18)8-5-6-12(11(7-8)20(23)24)25-19-13(21)9-3-1-2-4-10(9)14(19)22/h1-7H. The maximum absolute atomic E-state index is 12.7. The normalized spacial score (nSPS) is 13.8. The van der Waals surface area contributed by atoms with Gasteiger partial charge >= 0.3 is 11.9 Å². The molecule has 0 aliphatic carbocycles. The Labute approximate surface area is 137 Å². The molecule has 2 amide bonds. The monoisotopic (exact) mass is 352 g/mol. The summed E-state index contributed by atoms with van der Waals surface area (Å²) in [6, 6.07) is 7.25. The summed E-state index contributed by atoms with van der Waals surface area (Å²) in [6.45, 7) is 0. The number of hydroxylamine groups is 2. The van der Waals surface area contributed by atoms with Gasteiger partial charge in [0, 0.05) is 6.07 Å². The largest absolute Gasteiger partial charge is 0.416 e. The van der Waals surface area contributed by atoms with Crippen LogP contribution in [0.1, 0.15) is 26.3 Å². The number of hydrogen-bond acceptors (Lipinski definition) is 5. The van der Waals surface area contributed by atoms with E-state index in [1.165, 1.54) is 24.3 Å². The molecule has 0 saturated carbocycles. The van der Waals surface area contributed by atoms with Gasteiger partial charge in [-0.05, 0) is 24.3 Å². The topological polar surface area (TPSA) is 89.8 Å². The predicted octanol–water partition coefficient (Wildman–Crippen LogP) is 3.20. The highest BCUT2D eigenvalue weighted by Crippen LogP contribution is 2.37. The van der Waals surface area contributed by atoms with Crippen molar-refractivity contribution in [2.75, 3.05) is 0 Å². The van der Waals surface area contributed by atoms with Gasteiger partial charge in [0.1, 0.15) is 0 Å². The zero-order valence-electron chi connectivity index (χ0n) is 12.1. The van der Waals surface area contributed by atoms with Crippen LogP contribution < -0.4 is 4.84 Å². The van der Waals surface area contributed by atoms with Gasteiger partial charge in [-0.1, -0.05) is 17.2 Å². The highest BCUT2D eigenvalue weighted by atomic mass is 19.4. The first kappa shape index (κ1) is 16.4. The highest BCUT2D eigenvalue weighted by Gasteiger charge is 2.39. The Morgan fingerprint density at radius 2 is 1.56 bits per heavy atom. The van der Waals surface area contributed by atoms with Crippen molar-refractivity contribution in [3.8, 4) is 5.75 Å². The molecule has 3 rings (SSSR count). The molecule has 0 bridgehead atoms. The molecule has 128 valence electrons. The molecule has 2 aromatic rings. The maximum Gasteiger partial charge on any atom is 0.416 e. The van der Waals surface area contributed by atoms with E-state index in [0.717, 1.165) is 0 Å². The first-order valence-corrected chi connectivity index (χ1v) is 6.71. The minimum atomic E-state index is -4.79. The quantitative estimate of drug-likeness (QED) is 0.481. The number of halogens is 3. The molecule has 10 heteroatoms. The fraction of sp³-hybridized carbons (Fsp3) is 0.0667. The number of imide groups is 1. The van der Waals surface area contributed by atoms with Crippen LogP contribution in [-0.2, 0) is 6.18 Å². The van der Waals surface area contributed by atoms with Gasteiger partial charge in [0.05, 0.1) is 21.6 Å². The molecule has 1 aliphatic rings. The maximum atomic E-state index is 12.7. The van der Waals surface area contributed by atoms with Gasteiger partial charge in [0.15, 0.2) is 0 Å². The minimum Gasteiger partial charge on any atom is -0.361 e. The number of benzene rings is 2. The Morgan fingerprint density at radius 1 is 1.00 bits per heavy atom. The van der Waals surface area contributed by atoms with Crippen molar-refractivity contribution < 1.29 is 32.5 Å². The average molecular weight is 352 g/mol. The second-order valence-electron chi connectivity index (χ2n) is 4.98. The average Bonchev–Trinajstić information content (AvgIpc) is 2.79. The molecule has 1 aliphatic heterocycles. The van der Waals surface area contributed by atoms with E-state index < -0.39 is 39.9 Å². The first-order chi connectivity index (χ1) is 11.7. The summed E-state index contributed by atoms with van der Waals surface area (Å²) in [5.74, 6) is -2.39. The minimum absolute atomic E-state index is 0.0297. The Balaban J connectivity index is 1.98. The van der Waals surface area contributed by atoms with Crippen LogP contribution in [-0.4, -0.2) is 21.8 Å². The molecule has 25 heavy (non-hydrogen) atoms. The van der Waals surface area contributed by atoms with Gasteiger partial charge in [-0.2, -0.15) is 13.2 Å². The number of carbonyl (C=O) groups is 2. The van der Waals surface area contributed by atoms with Crippen LogP contribution in [0.5, 0.6) is 5.75 Å². The van der Waals surface area contributed by atoms with Gasteiger partial charge in [-0.25, -0.2) is 0 Å². The van der Waals surface area contributed by atoms with E-state index in [1.807, 2.05) is 0 Å². The third-order valence-corrected chi connectivity index (χ3v) is 3.43. The lowest BCUT2D eigenvalue weighted by atomic mass is 10.1. The van der Waals surface area contributed by atoms with Crippen LogP contribution in [0.2, 0.25) is 0 Å². The molecule has 0 N–H and O–H groups in total. The van der Waals surface area contributed by atoms with Crippen LogP contribution in [0.15, 0.2) is 42.5 Å². The summed E-state index contributed by atoms with van der Waals surface area (Å²) in [6.07, 6.45) is -4.79. The zero-order valence-corrected chi connectivity index (χ0v) is 12.1. The SMILES string of the molecule is O=C1c2ccccc2C(=O)N1Oc1ccc(C(F)(F)F)cc1[N+](=O)[O-]. The van der Waals surface area contributed by atoms with Crippen LogP contribution in [0.4, 0.5) is 18.9 Å². The van der Waals surface area contributed by atoms with Crippen LogP contribution in [0.3, 0.4) is 0 Å².